The van der Waals surface area contributed by atoms with Gasteiger partial charge in [0.05, 0.1) is 31.4 Å². The van der Waals surface area contributed by atoms with Crippen LogP contribution < -0.4 is 21.5 Å². The molecule has 0 saturated carbocycles. The molecular formula is C32H29F5N6O8. The Morgan fingerprint density at radius 1 is 0.922 bits per heavy atom. The van der Waals surface area contributed by atoms with Crippen LogP contribution in [0.25, 0.3) is 28.0 Å². The lowest BCUT2D eigenvalue weighted by atomic mass is 10.0. The van der Waals surface area contributed by atoms with E-state index in [1.807, 2.05) is 0 Å². The number of ether oxygens (including phenoxy) is 1. The summed E-state index contributed by atoms with van der Waals surface area (Å²) < 4.78 is 70.8. The number of rotatable bonds is 13. The standard InChI is InChI=1S/C32H29F5N6O8/c1-16-5-6-17(39-24(47)11-12-38-23(46)8-10-26(49)51-30(50)32(35,36)37)13-20(16)27-19-7-9-25(48)43(28-21(33)3-2-4-22(28)34)29(19)42-31(41-27)40-18(14-44)15-45/h2-7,9,13,18,44-45H,8,10-12,14-15H2,1H3,(H,38,46)(H,39,47)(H,40,41,42). The number of aryl methyl sites for hydroxylation is 1. The van der Waals surface area contributed by atoms with Crippen molar-refractivity contribution >= 4 is 46.4 Å². The van der Waals surface area contributed by atoms with E-state index in [9.17, 15) is 56.1 Å². The topological polar surface area (TPSA) is 202 Å². The highest BCUT2D eigenvalue weighted by Crippen LogP contribution is 2.33. The minimum absolute atomic E-state index is 0.138. The van der Waals surface area contributed by atoms with Gasteiger partial charge in [-0.2, -0.15) is 18.2 Å². The Bertz CT molecular complexity index is 2010. The molecule has 0 aliphatic carbocycles. The van der Waals surface area contributed by atoms with Crippen LogP contribution in [0, 0.1) is 18.6 Å². The van der Waals surface area contributed by atoms with Gasteiger partial charge in [-0.25, -0.2) is 18.6 Å². The molecule has 4 rings (SSSR count). The van der Waals surface area contributed by atoms with E-state index in [1.165, 1.54) is 12.1 Å². The van der Waals surface area contributed by atoms with Crippen molar-refractivity contribution in [2.45, 2.75) is 38.4 Å². The van der Waals surface area contributed by atoms with Crippen molar-refractivity contribution in [3.63, 3.8) is 0 Å². The number of hydrogen-bond acceptors (Lipinski definition) is 11. The van der Waals surface area contributed by atoms with Crippen LogP contribution in [-0.4, -0.2) is 80.5 Å². The first-order valence-corrected chi connectivity index (χ1v) is 15.0. The molecule has 2 amide bonds. The third-order valence-electron chi connectivity index (χ3n) is 7.13. The van der Waals surface area contributed by atoms with E-state index in [4.69, 9.17) is 0 Å². The lowest BCUT2D eigenvalue weighted by Gasteiger charge is -2.18. The number of fused-ring (bicyclic) bond motifs is 1. The van der Waals surface area contributed by atoms with Crippen molar-refractivity contribution in [1.82, 2.24) is 19.9 Å². The number of aliphatic hydroxyl groups excluding tert-OH is 2. The summed E-state index contributed by atoms with van der Waals surface area (Å²) in [5.74, 6) is -7.97. The van der Waals surface area contributed by atoms with Gasteiger partial charge in [-0.05, 0) is 42.8 Å². The van der Waals surface area contributed by atoms with Crippen molar-refractivity contribution in [3.05, 3.63) is 76.1 Å². The van der Waals surface area contributed by atoms with Gasteiger partial charge < -0.3 is 30.9 Å². The van der Waals surface area contributed by atoms with Crippen LogP contribution in [-0.2, 0) is 23.9 Å². The third kappa shape index (κ3) is 9.45. The molecule has 0 aliphatic heterocycles. The average molecular weight is 721 g/mol. The van der Waals surface area contributed by atoms with Crippen LogP contribution in [0.5, 0.6) is 0 Å². The molecule has 2 aromatic carbocycles. The molecule has 0 spiro atoms. The minimum atomic E-state index is -5.37. The molecule has 2 heterocycles. The van der Waals surface area contributed by atoms with E-state index in [1.54, 1.807) is 19.1 Å². The fourth-order valence-corrected chi connectivity index (χ4v) is 4.65. The highest BCUT2D eigenvalue weighted by atomic mass is 19.4. The number of aromatic nitrogens is 3. The third-order valence-corrected chi connectivity index (χ3v) is 7.13. The molecule has 0 unspecified atom stereocenters. The van der Waals surface area contributed by atoms with E-state index >= 15 is 0 Å². The summed E-state index contributed by atoms with van der Waals surface area (Å²) in [7, 11) is 0. The highest BCUT2D eigenvalue weighted by molar-refractivity contribution is 5.96. The van der Waals surface area contributed by atoms with Crippen LogP contribution in [0.3, 0.4) is 0 Å². The van der Waals surface area contributed by atoms with E-state index in [-0.39, 0.29) is 41.3 Å². The first-order valence-electron chi connectivity index (χ1n) is 15.0. The number of benzene rings is 2. The Morgan fingerprint density at radius 2 is 1.61 bits per heavy atom. The molecule has 0 aliphatic rings. The SMILES string of the molecule is Cc1ccc(NC(=O)CCNC(=O)CCC(=O)OC(=O)C(F)(F)F)cc1-c1nc(NC(CO)CO)nc2c1ccc(=O)n2-c1c(F)cccc1F. The summed E-state index contributed by atoms with van der Waals surface area (Å²) >= 11 is 0. The summed E-state index contributed by atoms with van der Waals surface area (Å²) in [4.78, 5) is 68.6. The number of aliphatic hydroxyl groups is 2. The monoisotopic (exact) mass is 720 g/mol. The number of halogens is 5. The van der Waals surface area contributed by atoms with Gasteiger partial charge in [0.1, 0.15) is 17.3 Å². The van der Waals surface area contributed by atoms with Crippen LogP contribution >= 0.6 is 0 Å². The number of nitrogens with zero attached hydrogens (tertiary/aromatic N) is 3. The fraction of sp³-hybridized carbons (Fsp3) is 0.281. The fourth-order valence-electron chi connectivity index (χ4n) is 4.65. The quantitative estimate of drug-likeness (QED) is 0.0773. The Morgan fingerprint density at radius 3 is 2.25 bits per heavy atom. The van der Waals surface area contributed by atoms with Gasteiger partial charge in [0.15, 0.2) is 5.65 Å². The second-order valence-corrected chi connectivity index (χ2v) is 10.9. The van der Waals surface area contributed by atoms with Gasteiger partial charge in [0.25, 0.3) is 5.56 Å². The lowest BCUT2D eigenvalue weighted by Crippen LogP contribution is -2.30. The number of nitrogens with one attached hydrogen (secondary N) is 3. The lowest BCUT2D eigenvalue weighted by molar-refractivity contribution is -0.201. The summed E-state index contributed by atoms with van der Waals surface area (Å²) in [5.41, 5.74) is -0.413. The molecule has 0 atom stereocenters. The number of alkyl halides is 3. The van der Waals surface area contributed by atoms with Gasteiger partial charge in [0, 0.05) is 42.1 Å². The predicted octanol–water partition coefficient (Wildman–Crippen LogP) is 2.66. The first kappa shape index (κ1) is 38.0. The molecule has 2 aromatic heterocycles. The predicted molar refractivity (Wildman–Crippen MR) is 169 cm³/mol. The molecule has 19 heteroatoms. The van der Waals surface area contributed by atoms with Gasteiger partial charge in [-0.3, -0.25) is 23.7 Å². The Balaban J connectivity index is 1.58. The van der Waals surface area contributed by atoms with E-state index in [0.29, 0.717) is 11.1 Å². The van der Waals surface area contributed by atoms with Crippen LogP contribution in [0.1, 0.15) is 24.8 Å². The van der Waals surface area contributed by atoms with Crippen LogP contribution in [0.2, 0.25) is 0 Å². The number of pyridine rings is 1. The second kappa shape index (κ2) is 16.3. The Labute approximate surface area is 284 Å². The number of para-hydroxylation sites is 1. The van der Waals surface area contributed by atoms with Gasteiger partial charge in [-0.1, -0.05) is 12.1 Å². The molecule has 5 N–H and O–H groups in total. The minimum Gasteiger partial charge on any atom is -0.394 e. The van der Waals surface area contributed by atoms with Crippen LogP contribution in [0.4, 0.5) is 33.6 Å². The number of carbonyl (C=O) groups is 4. The number of amides is 2. The number of hydrogen-bond donors (Lipinski definition) is 5. The maximum absolute atomic E-state index is 15.0. The number of carbonyl (C=O) groups excluding carboxylic acids is 4. The molecular weight excluding hydrogens is 691 g/mol. The summed E-state index contributed by atoms with van der Waals surface area (Å²) in [6, 6.07) is 9.18. The number of esters is 2. The summed E-state index contributed by atoms with van der Waals surface area (Å²) in [6.45, 7) is 0.371. The zero-order chi connectivity index (χ0) is 37.5. The van der Waals surface area contributed by atoms with Crippen LogP contribution in [0.15, 0.2) is 53.3 Å². The maximum Gasteiger partial charge on any atom is 0.491 e. The van der Waals surface area contributed by atoms with Crippen molar-refractivity contribution in [3.8, 4) is 16.9 Å². The zero-order valence-electron chi connectivity index (χ0n) is 26.5. The smallest absolute Gasteiger partial charge is 0.394 e. The average Bonchev–Trinajstić information content (AvgIpc) is 3.07. The normalized spacial score (nSPS) is 11.4. The molecule has 270 valence electrons. The largest absolute Gasteiger partial charge is 0.491 e. The summed E-state index contributed by atoms with van der Waals surface area (Å²) in [5, 5.41) is 27.1. The molecule has 4 aromatic rings. The van der Waals surface area contributed by atoms with Gasteiger partial charge >= 0.3 is 18.1 Å². The van der Waals surface area contributed by atoms with E-state index in [2.05, 4.69) is 30.7 Å². The van der Waals surface area contributed by atoms with Crippen molar-refractivity contribution in [2.24, 2.45) is 0 Å². The molecule has 0 radical (unpaired) electrons. The number of anilines is 2. The van der Waals surface area contributed by atoms with Gasteiger partial charge in [-0.15, -0.1) is 0 Å². The second-order valence-electron chi connectivity index (χ2n) is 10.9. The summed E-state index contributed by atoms with van der Waals surface area (Å²) in [6.07, 6.45) is -7.07. The zero-order valence-corrected chi connectivity index (χ0v) is 26.5. The molecule has 0 bridgehead atoms. The Hall–Kier alpha value is -5.82. The van der Waals surface area contributed by atoms with Crippen molar-refractivity contribution in [2.75, 3.05) is 30.4 Å². The highest BCUT2D eigenvalue weighted by Gasteiger charge is 2.42. The first-order chi connectivity index (χ1) is 24.1. The molecule has 0 saturated heterocycles. The molecule has 51 heavy (non-hydrogen) atoms. The van der Waals surface area contributed by atoms with Crippen molar-refractivity contribution < 1.29 is 56.1 Å². The molecule has 14 nitrogen and oxygen atoms in total. The Kier molecular flexibility index (Phi) is 12.1. The van der Waals surface area contributed by atoms with Gasteiger partial charge in [0.2, 0.25) is 17.8 Å². The maximum atomic E-state index is 15.0. The van der Waals surface area contributed by atoms with E-state index < -0.39 is 84.9 Å². The van der Waals surface area contributed by atoms with Crippen molar-refractivity contribution in [1.29, 1.82) is 0 Å². The van der Waals surface area contributed by atoms with E-state index in [0.717, 1.165) is 28.8 Å². The molecule has 0 fully saturated rings.